The quantitative estimate of drug-likeness (QED) is 0.354. The molecule has 0 spiro atoms. The van der Waals surface area contributed by atoms with Crippen molar-refractivity contribution in [3.63, 3.8) is 0 Å². The molecule has 7 nitrogen and oxygen atoms in total. The Morgan fingerprint density at radius 3 is 2.56 bits per heavy atom. The predicted molar refractivity (Wildman–Crippen MR) is 116 cm³/mol. The fraction of sp³-hybridized carbons (Fsp3) is 0.250. The van der Waals surface area contributed by atoms with E-state index in [-0.39, 0.29) is 33.3 Å². The van der Waals surface area contributed by atoms with Crippen molar-refractivity contribution in [3.8, 4) is 11.5 Å². The van der Waals surface area contributed by atoms with E-state index in [0.29, 0.717) is 4.90 Å². The summed E-state index contributed by atoms with van der Waals surface area (Å²) in [5.41, 5.74) is 0.258. The van der Waals surface area contributed by atoms with Crippen molar-refractivity contribution in [1.29, 1.82) is 10.8 Å². The number of methoxy groups -OCH3 is 1. The van der Waals surface area contributed by atoms with Gasteiger partial charge in [-0.15, -0.1) is 11.8 Å². The molecule has 4 N–H and O–H groups in total. The lowest BCUT2D eigenvalue weighted by Gasteiger charge is -2.28. The van der Waals surface area contributed by atoms with Crippen LogP contribution < -0.4 is 9.64 Å². The molecule has 1 heterocycles. The Morgan fingerprint density at radius 1 is 1.28 bits per heavy atom. The summed E-state index contributed by atoms with van der Waals surface area (Å²) in [7, 11) is 1.33. The SMILES string of the molecule is COc1cccc(C2SC(CC(=O)O)C(=N)N(C(=N)C(F)(F)F)c3ccc(Cl)cc32)c1O. The third-order valence-electron chi connectivity index (χ3n) is 4.74. The number of carboxylic acids is 1. The number of carboxylic acid groups (broad SMARTS) is 1. The summed E-state index contributed by atoms with van der Waals surface area (Å²) >= 11 is 6.99. The van der Waals surface area contributed by atoms with E-state index >= 15 is 0 Å². The number of para-hydroxylation sites is 1. The van der Waals surface area contributed by atoms with Gasteiger partial charge in [-0.1, -0.05) is 23.7 Å². The first-order valence-electron chi connectivity index (χ1n) is 9.02. The smallest absolute Gasteiger partial charge is 0.449 e. The van der Waals surface area contributed by atoms with Crippen molar-refractivity contribution in [2.75, 3.05) is 12.0 Å². The molecule has 170 valence electrons. The Balaban J connectivity index is 2.30. The van der Waals surface area contributed by atoms with Gasteiger partial charge in [0.25, 0.3) is 0 Å². The first kappa shape index (κ1) is 23.7. The van der Waals surface area contributed by atoms with E-state index in [0.717, 1.165) is 11.8 Å². The molecule has 3 rings (SSSR count). The molecule has 1 aliphatic heterocycles. The molecule has 0 amide bonds. The van der Waals surface area contributed by atoms with Gasteiger partial charge < -0.3 is 14.9 Å². The van der Waals surface area contributed by atoms with E-state index in [2.05, 4.69) is 0 Å². The highest BCUT2D eigenvalue weighted by Gasteiger charge is 2.45. The second kappa shape index (κ2) is 8.91. The van der Waals surface area contributed by atoms with Crippen molar-refractivity contribution in [1.82, 2.24) is 0 Å². The summed E-state index contributed by atoms with van der Waals surface area (Å²) in [6, 6.07) is 8.50. The molecule has 32 heavy (non-hydrogen) atoms. The van der Waals surface area contributed by atoms with Gasteiger partial charge in [-0.2, -0.15) is 13.2 Å². The number of rotatable bonds is 4. The van der Waals surface area contributed by atoms with Gasteiger partial charge in [0.2, 0.25) is 5.84 Å². The zero-order chi connectivity index (χ0) is 23.8. The van der Waals surface area contributed by atoms with Gasteiger partial charge in [-0.05, 0) is 29.8 Å². The zero-order valence-corrected chi connectivity index (χ0v) is 18.0. The van der Waals surface area contributed by atoms with Gasteiger partial charge in [-0.3, -0.25) is 20.5 Å². The molecule has 1 aliphatic rings. The van der Waals surface area contributed by atoms with Crippen LogP contribution in [-0.2, 0) is 4.79 Å². The third kappa shape index (κ3) is 4.49. The minimum Gasteiger partial charge on any atom is -0.504 e. The first-order chi connectivity index (χ1) is 15.0. The Kier molecular flexibility index (Phi) is 6.61. The molecular formula is C20H17ClF3N3O4S. The topological polar surface area (TPSA) is 118 Å². The number of ether oxygens (including phenoxy) is 1. The summed E-state index contributed by atoms with van der Waals surface area (Å²) in [5, 5.41) is 34.1. The van der Waals surface area contributed by atoms with Crippen LogP contribution in [0.25, 0.3) is 0 Å². The number of aliphatic carboxylic acids is 1. The molecule has 2 atom stereocenters. The molecule has 0 saturated carbocycles. The van der Waals surface area contributed by atoms with Gasteiger partial charge in [0.15, 0.2) is 11.5 Å². The number of hydrogen-bond acceptors (Lipinski definition) is 6. The number of carbonyl (C=O) groups is 1. The number of phenolic OH excluding ortho intramolecular Hbond substituents is 1. The van der Waals surface area contributed by atoms with Crippen LogP contribution in [-0.4, -0.2) is 46.4 Å². The van der Waals surface area contributed by atoms with Gasteiger partial charge in [0.05, 0.1) is 29.7 Å². The third-order valence-corrected chi connectivity index (χ3v) is 6.48. The molecule has 0 bridgehead atoms. The minimum absolute atomic E-state index is 0.112. The summed E-state index contributed by atoms with van der Waals surface area (Å²) in [4.78, 5) is 11.8. The molecule has 0 fully saturated rings. The normalized spacial score (nSPS) is 18.7. The summed E-state index contributed by atoms with van der Waals surface area (Å²) in [5.74, 6) is -4.05. The molecule has 12 heteroatoms. The van der Waals surface area contributed by atoms with E-state index in [1.54, 1.807) is 6.07 Å². The first-order valence-corrected chi connectivity index (χ1v) is 10.3. The molecule has 0 saturated heterocycles. The lowest BCUT2D eigenvalue weighted by atomic mass is 10.00. The average molecular weight is 488 g/mol. The van der Waals surface area contributed by atoms with Crippen LogP contribution >= 0.6 is 23.4 Å². The molecule has 2 unspecified atom stereocenters. The van der Waals surface area contributed by atoms with Gasteiger partial charge in [0, 0.05) is 10.6 Å². The molecule has 2 aromatic rings. The average Bonchev–Trinajstić information content (AvgIpc) is 2.81. The number of amidine groups is 2. The lowest BCUT2D eigenvalue weighted by Crippen LogP contribution is -2.47. The van der Waals surface area contributed by atoms with E-state index in [1.165, 1.54) is 37.4 Å². The van der Waals surface area contributed by atoms with Crippen LogP contribution in [0.15, 0.2) is 36.4 Å². The maximum atomic E-state index is 13.5. The monoisotopic (exact) mass is 487 g/mol. The number of anilines is 1. The maximum Gasteiger partial charge on any atom is 0.449 e. The van der Waals surface area contributed by atoms with Crippen LogP contribution in [0.2, 0.25) is 5.02 Å². The van der Waals surface area contributed by atoms with E-state index in [9.17, 15) is 28.2 Å². The molecular weight excluding hydrogens is 471 g/mol. The number of hydrogen-bond donors (Lipinski definition) is 4. The van der Waals surface area contributed by atoms with Crippen molar-refractivity contribution >= 4 is 46.7 Å². The number of fused-ring (bicyclic) bond motifs is 1. The number of alkyl halides is 3. The fourth-order valence-corrected chi connectivity index (χ4v) is 5.00. The van der Waals surface area contributed by atoms with E-state index < -0.39 is 40.7 Å². The second-order valence-corrected chi connectivity index (χ2v) is 8.52. The highest BCUT2D eigenvalue weighted by Crippen LogP contribution is 2.51. The number of benzene rings is 2. The van der Waals surface area contributed by atoms with E-state index in [4.69, 9.17) is 27.2 Å². The standard InChI is InChI=1S/C20H17ClF3N3O4S/c1-31-13-4-2-3-10(16(13)30)17-11-7-9(21)5-6-12(11)27(19(26)20(22,23)24)18(25)14(32-17)8-15(28)29/h2-7,14,17,25-26,30H,8H2,1H3,(H,28,29). The van der Waals surface area contributed by atoms with Crippen LogP contribution in [0.3, 0.4) is 0 Å². The maximum absolute atomic E-state index is 13.5. The van der Waals surface area contributed by atoms with Crippen molar-refractivity contribution < 1.29 is 32.9 Å². The molecule has 0 aliphatic carbocycles. The number of thioether (sulfide) groups is 1. The highest BCUT2D eigenvalue weighted by atomic mass is 35.5. The van der Waals surface area contributed by atoms with E-state index in [1.807, 2.05) is 0 Å². The van der Waals surface area contributed by atoms with Crippen molar-refractivity contribution in [3.05, 3.63) is 52.5 Å². The van der Waals surface area contributed by atoms with Gasteiger partial charge in [-0.25, -0.2) is 0 Å². The Labute approximate surface area is 189 Å². The zero-order valence-electron chi connectivity index (χ0n) is 16.4. The summed E-state index contributed by atoms with van der Waals surface area (Å²) < 4.78 is 45.7. The van der Waals surface area contributed by atoms with Gasteiger partial charge >= 0.3 is 12.1 Å². The molecule has 0 aromatic heterocycles. The van der Waals surface area contributed by atoms with Crippen LogP contribution in [0.4, 0.5) is 18.9 Å². The number of halogens is 4. The molecule has 0 radical (unpaired) electrons. The fourth-order valence-electron chi connectivity index (χ4n) is 3.34. The van der Waals surface area contributed by atoms with Gasteiger partial charge in [0.1, 0.15) is 5.84 Å². The number of nitrogens with zero attached hydrogens (tertiary/aromatic N) is 1. The number of nitrogens with one attached hydrogen (secondary N) is 2. The predicted octanol–water partition coefficient (Wildman–Crippen LogP) is 5.06. The van der Waals surface area contributed by atoms with Crippen molar-refractivity contribution in [2.45, 2.75) is 23.1 Å². The Hall–Kier alpha value is -2.92. The minimum atomic E-state index is -5.10. The lowest BCUT2D eigenvalue weighted by molar-refractivity contribution is -0.136. The second-order valence-electron chi connectivity index (χ2n) is 6.77. The largest absolute Gasteiger partial charge is 0.504 e. The van der Waals surface area contributed by atoms with Crippen molar-refractivity contribution in [2.24, 2.45) is 0 Å². The number of phenols is 1. The molecule has 2 aromatic carbocycles. The Bertz CT molecular complexity index is 1100. The summed E-state index contributed by atoms with van der Waals surface area (Å²) in [6.07, 6.45) is -5.77. The Morgan fingerprint density at radius 2 is 1.97 bits per heavy atom. The van der Waals surface area contributed by atoms with Crippen LogP contribution in [0.1, 0.15) is 22.8 Å². The van der Waals surface area contributed by atoms with Crippen LogP contribution in [0.5, 0.6) is 11.5 Å². The number of aromatic hydroxyl groups is 1. The van der Waals surface area contributed by atoms with Crippen LogP contribution in [0, 0.1) is 10.8 Å². The summed E-state index contributed by atoms with van der Waals surface area (Å²) in [6.45, 7) is 0. The highest BCUT2D eigenvalue weighted by molar-refractivity contribution is 8.01.